The zero-order valence-corrected chi connectivity index (χ0v) is 9.02. The Labute approximate surface area is 90.4 Å². The molecule has 0 atom stereocenters. The van der Waals surface area contributed by atoms with Crippen LogP contribution in [0.15, 0.2) is 30.3 Å². The largest absolute Gasteiger partial charge is 0.394 e. The van der Waals surface area contributed by atoms with Gasteiger partial charge in [0.15, 0.2) is 5.78 Å². The van der Waals surface area contributed by atoms with Crippen molar-refractivity contribution in [3.8, 4) is 0 Å². The van der Waals surface area contributed by atoms with Gasteiger partial charge < -0.3 is 10.2 Å². The molecule has 0 fully saturated rings. The van der Waals surface area contributed by atoms with Crippen LogP contribution in [-0.4, -0.2) is 29.2 Å². The fraction of sp³-hybridized carbons (Fsp3) is 0.417. The molecule has 0 saturated heterocycles. The molecule has 0 bridgehead atoms. The average Bonchev–Trinajstić information content (AvgIpc) is 2.31. The number of benzene rings is 1. The Balaban J connectivity index is 0.000000423. The number of hydrogen-bond acceptors (Lipinski definition) is 3. The van der Waals surface area contributed by atoms with E-state index in [0.717, 1.165) is 12.0 Å². The standard InChI is InChI=1S/C10H12O.C2H6O2/c1-2-6-10(11)9-7-4-3-5-8-9;3-1-2-4/h3-5,7-8H,2,6H2,1H3;3-4H,1-2H2. The zero-order chi connectivity index (χ0) is 11.5. The molecule has 1 aromatic carbocycles. The molecular formula is C12H18O3. The minimum Gasteiger partial charge on any atom is -0.394 e. The van der Waals surface area contributed by atoms with Crippen LogP contribution >= 0.6 is 0 Å². The summed E-state index contributed by atoms with van der Waals surface area (Å²) >= 11 is 0. The summed E-state index contributed by atoms with van der Waals surface area (Å²) in [6, 6.07) is 9.42. The number of rotatable bonds is 4. The van der Waals surface area contributed by atoms with Crippen LogP contribution in [0.1, 0.15) is 30.1 Å². The lowest BCUT2D eigenvalue weighted by Crippen LogP contribution is -1.96. The molecule has 3 heteroatoms. The summed E-state index contributed by atoms with van der Waals surface area (Å²) in [5, 5.41) is 15.2. The van der Waals surface area contributed by atoms with Crippen LogP contribution in [0.4, 0.5) is 0 Å². The lowest BCUT2D eigenvalue weighted by molar-refractivity contribution is 0.0982. The third-order valence-corrected chi connectivity index (χ3v) is 1.67. The molecule has 3 nitrogen and oxygen atoms in total. The molecule has 0 aliphatic heterocycles. The molecular weight excluding hydrogens is 192 g/mol. The Morgan fingerprint density at radius 2 is 1.67 bits per heavy atom. The summed E-state index contributed by atoms with van der Waals surface area (Å²) in [7, 11) is 0. The number of ketones is 1. The maximum atomic E-state index is 11.2. The number of aliphatic hydroxyl groups is 2. The zero-order valence-electron chi connectivity index (χ0n) is 9.02. The predicted molar refractivity (Wildman–Crippen MR) is 59.9 cm³/mol. The van der Waals surface area contributed by atoms with Gasteiger partial charge in [-0.25, -0.2) is 0 Å². The normalized spacial score (nSPS) is 9.00. The summed E-state index contributed by atoms with van der Waals surface area (Å²) in [4.78, 5) is 11.2. The van der Waals surface area contributed by atoms with E-state index in [0.29, 0.717) is 6.42 Å². The second-order valence-electron chi connectivity index (χ2n) is 2.99. The molecule has 0 unspecified atom stereocenters. The van der Waals surface area contributed by atoms with Crippen LogP contribution in [-0.2, 0) is 0 Å². The number of carbonyl (C=O) groups is 1. The Kier molecular flexibility index (Phi) is 8.63. The molecule has 1 aromatic rings. The van der Waals surface area contributed by atoms with Crippen LogP contribution in [0, 0.1) is 0 Å². The third kappa shape index (κ3) is 6.82. The highest BCUT2D eigenvalue weighted by Crippen LogP contribution is 2.03. The molecule has 0 aliphatic carbocycles. The van der Waals surface area contributed by atoms with Crippen LogP contribution < -0.4 is 0 Å². The Morgan fingerprint density at radius 3 is 2.07 bits per heavy atom. The lowest BCUT2D eigenvalue weighted by atomic mass is 10.1. The first-order valence-corrected chi connectivity index (χ1v) is 5.06. The van der Waals surface area contributed by atoms with E-state index in [9.17, 15) is 4.79 Å². The molecule has 0 spiro atoms. The van der Waals surface area contributed by atoms with Crippen molar-refractivity contribution >= 4 is 5.78 Å². The average molecular weight is 210 g/mol. The highest BCUT2D eigenvalue weighted by molar-refractivity contribution is 5.95. The number of hydrogen-bond donors (Lipinski definition) is 2. The Hall–Kier alpha value is -1.19. The van der Waals surface area contributed by atoms with E-state index in [4.69, 9.17) is 10.2 Å². The van der Waals surface area contributed by atoms with E-state index in [1.54, 1.807) is 0 Å². The Morgan fingerprint density at radius 1 is 1.13 bits per heavy atom. The quantitative estimate of drug-likeness (QED) is 0.743. The topological polar surface area (TPSA) is 57.5 Å². The van der Waals surface area contributed by atoms with Gasteiger partial charge in [-0.05, 0) is 6.42 Å². The van der Waals surface area contributed by atoms with Gasteiger partial charge in [0, 0.05) is 12.0 Å². The van der Waals surface area contributed by atoms with Crippen molar-refractivity contribution < 1.29 is 15.0 Å². The molecule has 0 heterocycles. The van der Waals surface area contributed by atoms with E-state index < -0.39 is 0 Å². The molecule has 0 radical (unpaired) electrons. The van der Waals surface area contributed by atoms with Gasteiger partial charge in [0.1, 0.15) is 0 Å². The van der Waals surface area contributed by atoms with Crippen molar-refractivity contribution in [3.63, 3.8) is 0 Å². The maximum Gasteiger partial charge on any atom is 0.162 e. The van der Waals surface area contributed by atoms with E-state index in [2.05, 4.69) is 0 Å². The summed E-state index contributed by atoms with van der Waals surface area (Å²) in [6.07, 6.45) is 1.58. The van der Waals surface area contributed by atoms with Crippen molar-refractivity contribution in [2.45, 2.75) is 19.8 Å². The van der Waals surface area contributed by atoms with Crippen LogP contribution in [0.5, 0.6) is 0 Å². The third-order valence-electron chi connectivity index (χ3n) is 1.67. The van der Waals surface area contributed by atoms with Crippen LogP contribution in [0.2, 0.25) is 0 Å². The fourth-order valence-electron chi connectivity index (χ4n) is 0.995. The van der Waals surface area contributed by atoms with Crippen LogP contribution in [0.3, 0.4) is 0 Å². The van der Waals surface area contributed by atoms with Crippen molar-refractivity contribution in [1.29, 1.82) is 0 Å². The van der Waals surface area contributed by atoms with Gasteiger partial charge in [-0.15, -0.1) is 0 Å². The lowest BCUT2D eigenvalue weighted by Gasteiger charge is -1.96. The fourth-order valence-corrected chi connectivity index (χ4v) is 0.995. The van der Waals surface area contributed by atoms with Gasteiger partial charge in [-0.2, -0.15) is 0 Å². The summed E-state index contributed by atoms with van der Waals surface area (Å²) in [5.41, 5.74) is 0.828. The predicted octanol–water partition coefficient (Wildman–Crippen LogP) is 1.64. The first-order valence-electron chi connectivity index (χ1n) is 5.06. The van der Waals surface area contributed by atoms with E-state index in [1.807, 2.05) is 37.3 Å². The van der Waals surface area contributed by atoms with Crippen molar-refractivity contribution in [2.24, 2.45) is 0 Å². The molecule has 0 amide bonds. The number of aliphatic hydroxyl groups excluding tert-OH is 2. The monoisotopic (exact) mass is 210 g/mol. The van der Waals surface area contributed by atoms with E-state index >= 15 is 0 Å². The Bertz CT molecular complexity index is 255. The van der Waals surface area contributed by atoms with Gasteiger partial charge in [-0.3, -0.25) is 4.79 Å². The van der Waals surface area contributed by atoms with Gasteiger partial charge in [0.05, 0.1) is 13.2 Å². The summed E-state index contributed by atoms with van der Waals surface area (Å²) in [5.74, 6) is 0.244. The molecule has 0 aromatic heterocycles. The smallest absolute Gasteiger partial charge is 0.162 e. The van der Waals surface area contributed by atoms with E-state index in [-0.39, 0.29) is 19.0 Å². The van der Waals surface area contributed by atoms with Gasteiger partial charge in [0.25, 0.3) is 0 Å². The van der Waals surface area contributed by atoms with Crippen molar-refractivity contribution in [2.75, 3.05) is 13.2 Å². The second kappa shape index (κ2) is 9.37. The highest BCUT2D eigenvalue weighted by Gasteiger charge is 2.01. The molecule has 2 N–H and O–H groups in total. The van der Waals surface area contributed by atoms with E-state index in [1.165, 1.54) is 0 Å². The molecule has 1 rings (SSSR count). The number of carbonyl (C=O) groups excluding carboxylic acids is 1. The second-order valence-corrected chi connectivity index (χ2v) is 2.99. The molecule has 84 valence electrons. The summed E-state index contributed by atoms with van der Waals surface area (Å²) in [6.45, 7) is 1.76. The first kappa shape index (κ1) is 13.8. The minimum atomic E-state index is -0.125. The number of Topliss-reactive ketones (excluding diaryl/α,β-unsaturated/α-hetero) is 1. The van der Waals surface area contributed by atoms with Crippen LogP contribution in [0.25, 0.3) is 0 Å². The summed E-state index contributed by atoms with van der Waals surface area (Å²) < 4.78 is 0. The van der Waals surface area contributed by atoms with Gasteiger partial charge in [0.2, 0.25) is 0 Å². The molecule has 0 saturated carbocycles. The molecule has 0 aliphatic rings. The van der Waals surface area contributed by atoms with Crippen molar-refractivity contribution in [1.82, 2.24) is 0 Å². The molecule has 15 heavy (non-hydrogen) atoms. The van der Waals surface area contributed by atoms with Gasteiger partial charge >= 0.3 is 0 Å². The SMILES string of the molecule is CCCC(=O)c1ccccc1.OCCO. The van der Waals surface area contributed by atoms with Gasteiger partial charge in [-0.1, -0.05) is 37.3 Å². The maximum absolute atomic E-state index is 11.2. The van der Waals surface area contributed by atoms with Crippen molar-refractivity contribution in [3.05, 3.63) is 35.9 Å². The minimum absolute atomic E-state index is 0.125. The highest BCUT2D eigenvalue weighted by atomic mass is 16.3. The first-order chi connectivity index (χ1) is 7.26.